The van der Waals surface area contributed by atoms with Gasteiger partial charge in [-0.2, -0.15) is 0 Å². The Hall–Kier alpha value is -2.73. The molecule has 6 heteroatoms. The van der Waals surface area contributed by atoms with Crippen molar-refractivity contribution in [2.45, 2.75) is 12.5 Å². The molecule has 1 atom stereocenters. The summed E-state index contributed by atoms with van der Waals surface area (Å²) in [5.74, 6) is -0.897. The maximum atomic E-state index is 13.0. The summed E-state index contributed by atoms with van der Waals surface area (Å²) in [5, 5.41) is 2.80. The molecule has 1 aliphatic heterocycles. The Labute approximate surface area is 139 Å². The Bertz CT molecular complexity index is 744. The number of hydrogen-bond acceptors (Lipinski definition) is 3. The second-order valence-electron chi connectivity index (χ2n) is 5.82. The van der Waals surface area contributed by atoms with Crippen LogP contribution < -0.4 is 11.1 Å². The number of nitrogens with one attached hydrogen (secondary N) is 1. The van der Waals surface area contributed by atoms with Crippen LogP contribution in [0.3, 0.4) is 0 Å². The third kappa shape index (κ3) is 3.60. The van der Waals surface area contributed by atoms with Gasteiger partial charge in [0.25, 0.3) is 0 Å². The fraction of sp³-hybridized carbons (Fsp3) is 0.222. The minimum absolute atomic E-state index is 0.131. The van der Waals surface area contributed by atoms with E-state index >= 15 is 0 Å². The van der Waals surface area contributed by atoms with Gasteiger partial charge in [0, 0.05) is 23.8 Å². The van der Waals surface area contributed by atoms with Gasteiger partial charge >= 0.3 is 0 Å². The van der Waals surface area contributed by atoms with Gasteiger partial charge in [-0.05, 0) is 48.4 Å². The Morgan fingerprint density at radius 1 is 1.12 bits per heavy atom. The number of anilines is 1. The highest BCUT2D eigenvalue weighted by molar-refractivity contribution is 5.95. The van der Waals surface area contributed by atoms with Crippen LogP contribution in [0.25, 0.3) is 0 Å². The number of nitrogens with two attached hydrogens (primary N) is 1. The average Bonchev–Trinajstić information content (AvgIpc) is 2.54. The molecule has 0 aromatic heterocycles. The molecule has 24 heavy (non-hydrogen) atoms. The lowest BCUT2D eigenvalue weighted by molar-refractivity contribution is -0.119. The van der Waals surface area contributed by atoms with Crippen molar-refractivity contribution in [2.24, 2.45) is 5.73 Å². The number of likely N-dealkylation sites (tertiary alicyclic amines) is 1. The molecule has 0 bridgehead atoms. The zero-order valence-corrected chi connectivity index (χ0v) is 13.0. The zero-order valence-electron chi connectivity index (χ0n) is 13.0. The number of carbonyl (C=O) groups is 2. The standard InChI is InChI=1S/C18H18FN3O2/c19-14-5-1-12(2-6-14)16-9-10-22(16)11-17(23)21-15-7-3-13(4-8-15)18(20)24/h1-8,16H,9-11H2,(H2,20,24)(H,21,23)/t16-/m1/s1. The summed E-state index contributed by atoms with van der Waals surface area (Å²) in [6.45, 7) is 1.09. The molecular formula is C18H18FN3O2. The lowest BCUT2D eigenvalue weighted by Gasteiger charge is -2.40. The Balaban J connectivity index is 1.56. The van der Waals surface area contributed by atoms with Crippen molar-refractivity contribution in [1.29, 1.82) is 0 Å². The summed E-state index contributed by atoms with van der Waals surface area (Å²) in [4.78, 5) is 25.2. The Morgan fingerprint density at radius 2 is 1.79 bits per heavy atom. The van der Waals surface area contributed by atoms with Crippen LogP contribution >= 0.6 is 0 Å². The summed E-state index contributed by atoms with van der Waals surface area (Å²) in [6, 6.07) is 13.0. The molecule has 0 unspecified atom stereocenters. The van der Waals surface area contributed by atoms with Crippen molar-refractivity contribution in [3.05, 3.63) is 65.5 Å². The SMILES string of the molecule is NC(=O)c1ccc(NC(=O)CN2CC[C@@H]2c2ccc(F)cc2)cc1. The van der Waals surface area contributed by atoms with E-state index in [2.05, 4.69) is 5.32 Å². The highest BCUT2D eigenvalue weighted by Gasteiger charge is 2.30. The first-order valence-electron chi connectivity index (χ1n) is 7.72. The van der Waals surface area contributed by atoms with Crippen molar-refractivity contribution in [1.82, 2.24) is 4.90 Å². The molecule has 0 radical (unpaired) electrons. The highest BCUT2D eigenvalue weighted by atomic mass is 19.1. The molecule has 3 N–H and O–H groups in total. The fourth-order valence-electron chi connectivity index (χ4n) is 2.80. The summed E-state index contributed by atoms with van der Waals surface area (Å²) in [6.07, 6.45) is 0.951. The zero-order chi connectivity index (χ0) is 17.1. The van der Waals surface area contributed by atoms with Crippen molar-refractivity contribution in [2.75, 3.05) is 18.4 Å². The third-order valence-corrected chi connectivity index (χ3v) is 4.19. The number of halogens is 1. The molecule has 124 valence electrons. The first-order valence-corrected chi connectivity index (χ1v) is 7.72. The second kappa shape index (κ2) is 6.80. The first-order chi connectivity index (χ1) is 11.5. The number of carbonyl (C=O) groups excluding carboxylic acids is 2. The van der Waals surface area contributed by atoms with Crippen molar-refractivity contribution in [3.63, 3.8) is 0 Å². The van der Waals surface area contributed by atoms with E-state index < -0.39 is 5.91 Å². The number of amides is 2. The van der Waals surface area contributed by atoms with Gasteiger partial charge in [-0.3, -0.25) is 14.5 Å². The topological polar surface area (TPSA) is 75.4 Å². The summed E-state index contributed by atoms with van der Waals surface area (Å²) in [7, 11) is 0. The molecule has 1 fully saturated rings. The van der Waals surface area contributed by atoms with Crippen molar-refractivity contribution >= 4 is 17.5 Å². The van der Waals surface area contributed by atoms with E-state index in [9.17, 15) is 14.0 Å². The summed E-state index contributed by atoms with van der Waals surface area (Å²) in [5.41, 5.74) is 7.21. The lowest BCUT2D eigenvalue weighted by Crippen LogP contribution is -2.45. The maximum absolute atomic E-state index is 13.0. The Kier molecular flexibility index (Phi) is 4.57. The maximum Gasteiger partial charge on any atom is 0.248 e. The van der Waals surface area contributed by atoms with Gasteiger partial charge in [0.15, 0.2) is 0 Å². The quantitative estimate of drug-likeness (QED) is 0.885. The van der Waals surface area contributed by atoms with E-state index in [4.69, 9.17) is 5.73 Å². The van der Waals surface area contributed by atoms with E-state index in [1.165, 1.54) is 12.1 Å². The van der Waals surface area contributed by atoms with Crippen LogP contribution in [0.15, 0.2) is 48.5 Å². The van der Waals surface area contributed by atoms with Gasteiger partial charge in [-0.25, -0.2) is 4.39 Å². The Morgan fingerprint density at radius 3 is 2.33 bits per heavy atom. The van der Waals surface area contributed by atoms with E-state index in [0.717, 1.165) is 18.5 Å². The minimum Gasteiger partial charge on any atom is -0.366 e. The molecule has 1 saturated heterocycles. The molecule has 0 saturated carbocycles. The fourth-order valence-corrected chi connectivity index (χ4v) is 2.80. The number of nitrogens with zero attached hydrogens (tertiary/aromatic N) is 1. The van der Waals surface area contributed by atoms with Gasteiger partial charge in [-0.1, -0.05) is 12.1 Å². The van der Waals surface area contributed by atoms with Gasteiger partial charge in [0.1, 0.15) is 5.82 Å². The number of benzene rings is 2. The van der Waals surface area contributed by atoms with Crippen LogP contribution in [-0.2, 0) is 4.79 Å². The molecule has 2 aromatic carbocycles. The smallest absolute Gasteiger partial charge is 0.248 e. The number of hydrogen-bond donors (Lipinski definition) is 2. The molecule has 0 spiro atoms. The van der Waals surface area contributed by atoms with E-state index in [-0.39, 0.29) is 24.3 Å². The van der Waals surface area contributed by atoms with Crippen LogP contribution in [0.4, 0.5) is 10.1 Å². The summed E-state index contributed by atoms with van der Waals surface area (Å²) >= 11 is 0. The van der Waals surface area contributed by atoms with E-state index in [1.54, 1.807) is 36.4 Å². The molecular weight excluding hydrogens is 309 g/mol. The molecule has 5 nitrogen and oxygen atoms in total. The van der Waals surface area contributed by atoms with Gasteiger partial charge in [0.05, 0.1) is 6.54 Å². The normalized spacial score (nSPS) is 17.1. The van der Waals surface area contributed by atoms with Crippen molar-refractivity contribution in [3.8, 4) is 0 Å². The predicted octanol–water partition coefficient (Wildman–Crippen LogP) is 2.31. The molecule has 2 amide bonds. The lowest BCUT2D eigenvalue weighted by atomic mass is 9.95. The van der Waals surface area contributed by atoms with Crippen LogP contribution in [0.1, 0.15) is 28.4 Å². The third-order valence-electron chi connectivity index (χ3n) is 4.19. The minimum atomic E-state index is -0.504. The number of primary amides is 1. The van der Waals surface area contributed by atoms with E-state index in [0.29, 0.717) is 11.3 Å². The molecule has 1 heterocycles. The second-order valence-corrected chi connectivity index (χ2v) is 5.82. The average molecular weight is 327 g/mol. The van der Waals surface area contributed by atoms with Crippen LogP contribution in [0, 0.1) is 5.82 Å². The molecule has 1 aliphatic rings. The molecule has 2 aromatic rings. The molecule has 0 aliphatic carbocycles. The number of rotatable bonds is 5. The van der Waals surface area contributed by atoms with Gasteiger partial charge in [-0.15, -0.1) is 0 Å². The van der Waals surface area contributed by atoms with Crippen LogP contribution in [-0.4, -0.2) is 29.8 Å². The van der Waals surface area contributed by atoms with Crippen molar-refractivity contribution < 1.29 is 14.0 Å². The summed E-state index contributed by atoms with van der Waals surface area (Å²) < 4.78 is 13.0. The molecule has 3 rings (SSSR count). The van der Waals surface area contributed by atoms with Gasteiger partial charge in [0.2, 0.25) is 11.8 Å². The predicted molar refractivity (Wildman–Crippen MR) is 88.9 cm³/mol. The van der Waals surface area contributed by atoms with Crippen LogP contribution in [0.2, 0.25) is 0 Å². The van der Waals surface area contributed by atoms with E-state index in [1.807, 2.05) is 4.90 Å². The highest BCUT2D eigenvalue weighted by Crippen LogP contribution is 2.32. The largest absolute Gasteiger partial charge is 0.366 e. The van der Waals surface area contributed by atoms with Gasteiger partial charge < -0.3 is 11.1 Å². The van der Waals surface area contributed by atoms with Crippen LogP contribution in [0.5, 0.6) is 0 Å². The monoisotopic (exact) mass is 327 g/mol. The first kappa shape index (κ1) is 16.1.